The quantitative estimate of drug-likeness (QED) is 0.585. The molecule has 2 aliphatic rings. The number of nitrogens with two attached hydrogens (primary N) is 1. The number of ether oxygens (including phenoxy) is 3. The van der Waals surface area contributed by atoms with E-state index in [-0.39, 0.29) is 6.03 Å². The molecule has 2 aromatic heterocycles. The molecule has 10 nitrogen and oxygen atoms in total. The van der Waals surface area contributed by atoms with E-state index in [1.54, 1.807) is 25.6 Å². The summed E-state index contributed by atoms with van der Waals surface area (Å²) in [5.74, 6) is 2.13. The summed E-state index contributed by atoms with van der Waals surface area (Å²) >= 11 is 1.59. The number of thiophene rings is 1. The van der Waals surface area contributed by atoms with Crippen LogP contribution in [0.5, 0.6) is 11.5 Å². The first-order valence-corrected chi connectivity index (χ1v) is 12.7. The number of fused-ring (bicyclic) bond motifs is 1. The van der Waals surface area contributed by atoms with E-state index < -0.39 is 0 Å². The number of benzene rings is 1. The van der Waals surface area contributed by atoms with Crippen LogP contribution in [0.15, 0.2) is 22.9 Å². The Morgan fingerprint density at radius 3 is 2.57 bits per heavy atom. The van der Waals surface area contributed by atoms with E-state index in [0.29, 0.717) is 74.7 Å². The zero-order valence-corrected chi connectivity index (χ0v) is 20.8. The van der Waals surface area contributed by atoms with Crippen molar-refractivity contribution >= 4 is 40.0 Å². The molecule has 4 heterocycles. The standard InChI is InChI=1S/C24H30N6O4S/c1-32-18-14-17-20(19(21(18)33-2)16-4-13-35-15-16)22(25)27-23(26-17)28-5-3-6-29(8-7-28)24(31)30-9-11-34-12-10-30/h4,13-15H,3,5-12H2,1-2H3,(H2,25,26,27). The Morgan fingerprint density at radius 2 is 1.86 bits per heavy atom. The maximum Gasteiger partial charge on any atom is 0.320 e. The van der Waals surface area contributed by atoms with Crippen LogP contribution in [0.25, 0.3) is 22.0 Å². The van der Waals surface area contributed by atoms with Gasteiger partial charge in [-0.1, -0.05) is 0 Å². The molecule has 0 aliphatic carbocycles. The van der Waals surface area contributed by atoms with Gasteiger partial charge in [-0.25, -0.2) is 9.78 Å². The highest BCUT2D eigenvalue weighted by atomic mass is 32.1. The van der Waals surface area contributed by atoms with E-state index in [1.165, 1.54) is 0 Å². The van der Waals surface area contributed by atoms with Crippen molar-refractivity contribution in [2.75, 3.05) is 77.3 Å². The lowest BCUT2D eigenvalue weighted by Crippen LogP contribution is -2.49. The number of urea groups is 1. The maximum absolute atomic E-state index is 13.0. The fourth-order valence-corrected chi connectivity index (χ4v) is 5.36. The Balaban J connectivity index is 1.46. The molecule has 2 N–H and O–H groups in total. The summed E-state index contributed by atoms with van der Waals surface area (Å²) in [5.41, 5.74) is 9.04. The highest BCUT2D eigenvalue weighted by Gasteiger charge is 2.27. The zero-order valence-electron chi connectivity index (χ0n) is 20.0. The Bertz CT molecular complexity index is 1200. The number of aromatic nitrogens is 2. The fourth-order valence-electron chi connectivity index (χ4n) is 4.71. The van der Waals surface area contributed by atoms with Crippen molar-refractivity contribution in [3.8, 4) is 22.6 Å². The molecule has 2 amide bonds. The third-order valence-corrected chi connectivity index (χ3v) is 7.17. The van der Waals surface area contributed by atoms with Gasteiger partial charge < -0.3 is 34.6 Å². The van der Waals surface area contributed by atoms with Crippen molar-refractivity contribution in [1.82, 2.24) is 19.8 Å². The van der Waals surface area contributed by atoms with Crippen LogP contribution in [0.4, 0.5) is 16.6 Å². The van der Waals surface area contributed by atoms with Crippen molar-refractivity contribution in [2.24, 2.45) is 0 Å². The molecule has 0 bridgehead atoms. The van der Waals surface area contributed by atoms with Crippen LogP contribution in [0.3, 0.4) is 0 Å². The number of morpholine rings is 1. The third kappa shape index (κ3) is 4.53. The molecule has 0 spiro atoms. The Labute approximate surface area is 208 Å². The van der Waals surface area contributed by atoms with Crippen LogP contribution in [-0.4, -0.2) is 92.5 Å². The summed E-state index contributed by atoms with van der Waals surface area (Å²) in [4.78, 5) is 28.4. The molecule has 2 aliphatic heterocycles. The average molecular weight is 499 g/mol. The van der Waals surface area contributed by atoms with Gasteiger partial charge in [0.15, 0.2) is 11.5 Å². The second kappa shape index (κ2) is 10.1. The van der Waals surface area contributed by atoms with Crippen LogP contribution in [0.2, 0.25) is 0 Å². The Hall–Kier alpha value is -3.31. The van der Waals surface area contributed by atoms with Crippen molar-refractivity contribution in [3.05, 3.63) is 22.9 Å². The summed E-state index contributed by atoms with van der Waals surface area (Å²) in [7, 11) is 3.23. The highest BCUT2D eigenvalue weighted by Crippen LogP contribution is 2.45. The van der Waals surface area contributed by atoms with E-state index >= 15 is 0 Å². The molecule has 11 heteroatoms. The number of nitrogen functional groups attached to an aromatic ring is 1. The van der Waals surface area contributed by atoms with Crippen LogP contribution < -0.4 is 20.1 Å². The second-order valence-electron chi connectivity index (χ2n) is 8.51. The lowest BCUT2D eigenvalue weighted by atomic mass is 10.0. The van der Waals surface area contributed by atoms with Crippen LogP contribution in [-0.2, 0) is 4.74 Å². The number of anilines is 2. The first-order chi connectivity index (χ1) is 17.1. The van der Waals surface area contributed by atoms with Gasteiger partial charge in [-0.05, 0) is 28.8 Å². The normalized spacial score (nSPS) is 16.9. The first kappa shape index (κ1) is 23.4. The smallest absolute Gasteiger partial charge is 0.320 e. The van der Waals surface area contributed by atoms with Gasteiger partial charge in [0, 0.05) is 50.9 Å². The lowest BCUT2D eigenvalue weighted by molar-refractivity contribution is 0.0438. The monoisotopic (exact) mass is 498 g/mol. The minimum Gasteiger partial charge on any atom is -0.493 e. The first-order valence-electron chi connectivity index (χ1n) is 11.7. The van der Waals surface area contributed by atoms with Crippen molar-refractivity contribution in [1.29, 1.82) is 0 Å². The zero-order chi connectivity index (χ0) is 24.4. The van der Waals surface area contributed by atoms with E-state index in [0.717, 1.165) is 29.5 Å². The summed E-state index contributed by atoms with van der Waals surface area (Å²) < 4.78 is 16.7. The lowest BCUT2D eigenvalue weighted by Gasteiger charge is -2.32. The summed E-state index contributed by atoms with van der Waals surface area (Å²) in [6.45, 7) is 5.14. The van der Waals surface area contributed by atoms with Crippen LogP contribution in [0, 0.1) is 0 Å². The number of nitrogens with zero attached hydrogens (tertiary/aromatic N) is 5. The van der Waals surface area contributed by atoms with Crippen molar-refractivity contribution in [2.45, 2.75) is 6.42 Å². The SMILES string of the molecule is COc1cc2nc(N3CCCN(C(=O)N4CCOCC4)CC3)nc(N)c2c(-c2ccsc2)c1OC. The topological polar surface area (TPSA) is 106 Å². The van der Waals surface area contributed by atoms with Gasteiger partial charge in [0.1, 0.15) is 5.82 Å². The van der Waals surface area contributed by atoms with Crippen LogP contribution in [0.1, 0.15) is 6.42 Å². The molecule has 35 heavy (non-hydrogen) atoms. The molecular formula is C24H30N6O4S. The number of hydrogen-bond donors (Lipinski definition) is 1. The van der Waals surface area contributed by atoms with E-state index in [4.69, 9.17) is 29.9 Å². The largest absolute Gasteiger partial charge is 0.493 e. The molecule has 3 aromatic rings. The minimum absolute atomic E-state index is 0.0753. The fraction of sp³-hybridized carbons (Fsp3) is 0.458. The van der Waals surface area contributed by atoms with Crippen molar-refractivity contribution in [3.63, 3.8) is 0 Å². The van der Waals surface area contributed by atoms with Gasteiger partial charge in [-0.2, -0.15) is 16.3 Å². The molecule has 0 unspecified atom stereocenters. The molecule has 186 valence electrons. The maximum atomic E-state index is 13.0. The molecule has 2 fully saturated rings. The highest BCUT2D eigenvalue weighted by molar-refractivity contribution is 7.08. The number of carbonyl (C=O) groups is 1. The number of amides is 2. The number of rotatable bonds is 4. The third-order valence-electron chi connectivity index (χ3n) is 6.49. The van der Waals surface area contributed by atoms with Crippen molar-refractivity contribution < 1.29 is 19.0 Å². The van der Waals surface area contributed by atoms with Gasteiger partial charge in [0.05, 0.1) is 38.3 Å². The molecule has 0 saturated carbocycles. The van der Waals surface area contributed by atoms with E-state index in [2.05, 4.69) is 4.90 Å². The van der Waals surface area contributed by atoms with Gasteiger partial charge in [-0.3, -0.25) is 0 Å². The van der Waals surface area contributed by atoms with Gasteiger partial charge >= 0.3 is 6.03 Å². The molecule has 5 rings (SSSR count). The van der Waals surface area contributed by atoms with E-state index in [1.807, 2.05) is 32.7 Å². The summed E-state index contributed by atoms with van der Waals surface area (Å²) in [6.07, 6.45) is 0.823. The number of carbonyl (C=O) groups excluding carboxylic acids is 1. The molecular weight excluding hydrogens is 468 g/mol. The summed E-state index contributed by atoms with van der Waals surface area (Å²) in [6, 6.07) is 3.94. The molecule has 0 radical (unpaired) electrons. The molecule has 0 atom stereocenters. The number of methoxy groups -OCH3 is 2. The predicted octanol–water partition coefficient (Wildman–Crippen LogP) is 2.92. The Morgan fingerprint density at radius 1 is 1.06 bits per heavy atom. The molecule has 2 saturated heterocycles. The molecule has 1 aromatic carbocycles. The predicted molar refractivity (Wildman–Crippen MR) is 137 cm³/mol. The minimum atomic E-state index is 0.0753. The number of hydrogen-bond acceptors (Lipinski definition) is 9. The second-order valence-corrected chi connectivity index (χ2v) is 9.29. The average Bonchev–Trinajstić information content (AvgIpc) is 3.31. The van der Waals surface area contributed by atoms with E-state index in [9.17, 15) is 4.79 Å². The van der Waals surface area contributed by atoms with Gasteiger partial charge in [0.25, 0.3) is 0 Å². The Kier molecular flexibility index (Phi) is 6.78. The van der Waals surface area contributed by atoms with Crippen LogP contribution >= 0.6 is 11.3 Å². The summed E-state index contributed by atoms with van der Waals surface area (Å²) in [5, 5.41) is 4.79. The van der Waals surface area contributed by atoms with Gasteiger partial charge in [-0.15, -0.1) is 0 Å². The van der Waals surface area contributed by atoms with Gasteiger partial charge in [0.2, 0.25) is 5.95 Å².